The summed E-state index contributed by atoms with van der Waals surface area (Å²) in [4.78, 5) is 28.5. The standard InChI is InChI=1S/C24H26N4O3/c1-15(23(29)25-11-10-16-14-26-20-7-5-4-6-19(16)20)27-24(30)22-13-17-12-18(31-3)8-9-21(17)28(22)2/h4-9,12-15,26H,10-11H2,1-3H3,(H,25,29)(H,27,30). The van der Waals surface area contributed by atoms with Gasteiger partial charge in [0, 0.05) is 41.6 Å². The Kier molecular flexibility index (Phi) is 5.66. The molecule has 0 fully saturated rings. The smallest absolute Gasteiger partial charge is 0.268 e. The summed E-state index contributed by atoms with van der Waals surface area (Å²) < 4.78 is 7.06. The molecule has 4 aromatic rings. The molecule has 0 saturated heterocycles. The van der Waals surface area contributed by atoms with Gasteiger partial charge in [-0.3, -0.25) is 9.59 Å². The summed E-state index contributed by atoms with van der Waals surface area (Å²) in [6.07, 6.45) is 2.68. The van der Waals surface area contributed by atoms with Gasteiger partial charge in [0.1, 0.15) is 17.5 Å². The first-order valence-corrected chi connectivity index (χ1v) is 10.2. The predicted octanol–water partition coefficient (Wildman–Crippen LogP) is 3.15. The predicted molar refractivity (Wildman–Crippen MR) is 121 cm³/mol. The van der Waals surface area contributed by atoms with Crippen LogP contribution in [0, 0.1) is 0 Å². The van der Waals surface area contributed by atoms with E-state index in [9.17, 15) is 9.59 Å². The van der Waals surface area contributed by atoms with E-state index < -0.39 is 6.04 Å². The topological polar surface area (TPSA) is 88.2 Å². The molecule has 2 amide bonds. The zero-order chi connectivity index (χ0) is 22.0. The highest BCUT2D eigenvalue weighted by Crippen LogP contribution is 2.24. The van der Waals surface area contributed by atoms with Crippen LogP contribution < -0.4 is 15.4 Å². The van der Waals surface area contributed by atoms with Crippen LogP contribution in [0.15, 0.2) is 54.7 Å². The van der Waals surface area contributed by atoms with Gasteiger partial charge < -0.3 is 24.9 Å². The van der Waals surface area contributed by atoms with Gasteiger partial charge >= 0.3 is 0 Å². The molecule has 160 valence electrons. The van der Waals surface area contributed by atoms with Crippen molar-refractivity contribution >= 4 is 33.6 Å². The van der Waals surface area contributed by atoms with Gasteiger partial charge in [-0.1, -0.05) is 18.2 Å². The van der Waals surface area contributed by atoms with Crippen molar-refractivity contribution in [2.45, 2.75) is 19.4 Å². The first-order chi connectivity index (χ1) is 15.0. The number of para-hydroxylation sites is 1. The second-order valence-corrected chi connectivity index (χ2v) is 7.61. The Bertz CT molecular complexity index is 1250. The number of fused-ring (bicyclic) bond motifs is 2. The summed E-state index contributed by atoms with van der Waals surface area (Å²) in [5.41, 5.74) is 3.64. The van der Waals surface area contributed by atoms with Crippen LogP contribution in [0.4, 0.5) is 0 Å². The van der Waals surface area contributed by atoms with Crippen LogP contribution in [0.5, 0.6) is 5.75 Å². The average Bonchev–Trinajstić information content (AvgIpc) is 3.34. The number of benzene rings is 2. The first kappa shape index (κ1) is 20.5. The third-order valence-electron chi connectivity index (χ3n) is 5.59. The van der Waals surface area contributed by atoms with E-state index in [1.165, 1.54) is 0 Å². The number of nitrogens with zero attached hydrogens (tertiary/aromatic N) is 1. The molecular weight excluding hydrogens is 392 g/mol. The van der Waals surface area contributed by atoms with Gasteiger partial charge in [-0.15, -0.1) is 0 Å². The lowest BCUT2D eigenvalue weighted by atomic mass is 10.1. The number of hydrogen-bond acceptors (Lipinski definition) is 3. The number of rotatable bonds is 7. The molecule has 1 unspecified atom stereocenters. The number of ether oxygens (including phenoxy) is 1. The Morgan fingerprint density at radius 1 is 1.16 bits per heavy atom. The van der Waals surface area contributed by atoms with E-state index in [2.05, 4.69) is 21.7 Å². The molecular formula is C24H26N4O3. The Hall–Kier alpha value is -3.74. The number of nitrogens with one attached hydrogen (secondary N) is 3. The maximum Gasteiger partial charge on any atom is 0.268 e. The minimum Gasteiger partial charge on any atom is -0.497 e. The molecule has 7 heteroatoms. The summed E-state index contributed by atoms with van der Waals surface area (Å²) in [5, 5.41) is 7.76. The first-order valence-electron chi connectivity index (χ1n) is 10.2. The van der Waals surface area contributed by atoms with Crippen LogP contribution in [0.1, 0.15) is 23.0 Å². The lowest BCUT2D eigenvalue weighted by Gasteiger charge is -2.14. The number of carbonyl (C=O) groups is 2. The maximum absolute atomic E-state index is 12.8. The molecule has 0 bridgehead atoms. The van der Waals surface area contributed by atoms with Gasteiger partial charge in [0.25, 0.3) is 5.91 Å². The second kappa shape index (κ2) is 8.55. The fourth-order valence-electron chi connectivity index (χ4n) is 3.82. The number of aromatic nitrogens is 2. The summed E-state index contributed by atoms with van der Waals surface area (Å²) >= 11 is 0. The summed E-state index contributed by atoms with van der Waals surface area (Å²) in [6.45, 7) is 2.18. The zero-order valence-electron chi connectivity index (χ0n) is 17.9. The fraction of sp³-hybridized carbons (Fsp3) is 0.250. The third-order valence-corrected chi connectivity index (χ3v) is 5.59. The number of aryl methyl sites for hydroxylation is 1. The molecule has 3 N–H and O–H groups in total. The molecule has 0 saturated carbocycles. The van der Waals surface area contributed by atoms with E-state index in [4.69, 9.17) is 4.74 Å². The monoisotopic (exact) mass is 418 g/mol. The van der Waals surface area contributed by atoms with Crippen molar-refractivity contribution in [3.05, 3.63) is 66.0 Å². The third kappa shape index (κ3) is 4.12. The van der Waals surface area contributed by atoms with Crippen LogP contribution in [-0.2, 0) is 18.3 Å². The number of hydrogen-bond donors (Lipinski definition) is 3. The largest absolute Gasteiger partial charge is 0.497 e. The van der Waals surface area contributed by atoms with Crippen molar-refractivity contribution in [2.75, 3.05) is 13.7 Å². The Morgan fingerprint density at radius 3 is 2.77 bits per heavy atom. The van der Waals surface area contributed by atoms with Gasteiger partial charge in [-0.05, 0) is 49.2 Å². The zero-order valence-corrected chi connectivity index (χ0v) is 17.9. The van der Waals surface area contributed by atoms with E-state index in [1.54, 1.807) is 20.1 Å². The van der Waals surface area contributed by atoms with Crippen LogP contribution in [0.2, 0.25) is 0 Å². The van der Waals surface area contributed by atoms with Crippen LogP contribution in [0.3, 0.4) is 0 Å². The normalized spacial score (nSPS) is 12.1. The van der Waals surface area contributed by atoms with Crippen LogP contribution in [0.25, 0.3) is 21.8 Å². The van der Waals surface area contributed by atoms with Gasteiger partial charge in [0.15, 0.2) is 0 Å². The second-order valence-electron chi connectivity index (χ2n) is 7.61. The molecule has 0 aliphatic carbocycles. The van der Waals surface area contributed by atoms with Gasteiger partial charge in [0.2, 0.25) is 5.91 Å². The molecule has 0 radical (unpaired) electrons. The Balaban J connectivity index is 1.35. The molecule has 2 heterocycles. The lowest BCUT2D eigenvalue weighted by Crippen LogP contribution is -2.45. The van der Waals surface area contributed by atoms with E-state index in [-0.39, 0.29) is 11.8 Å². The molecule has 0 aliphatic rings. The van der Waals surface area contributed by atoms with Crippen molar-refractivity contribution < 1.29 is 14.3 Å². The number of methoxy groups -OCH3 is 1. The quantitative estimate of drug-likeness (QED) is 0.431. The van der Waals surface area contributed by atoms with Gasteiger partial charge in [-0.25, -0.2) is 0 Å². The van der Waals surface area contributed by atoms with Gasteiger partial charge in [-0.2, -0.15) is 0 Å². The van der Waals surface area contributed by atoms with E-state index >= 15 is 0 Å². The average molecular weight is 418 g/mol. The molecule has 7 nitrogen and oxygen atoms in total. The maximum atomic E-state index is 12.8. The molecule has 1 atom stereocenters. The Morgan fingerprint density at radius 2 is 1.97 bits per heavy atom. The minimum atomic E-state index is -0.650. The van der Waals surface area contributed by atoms with E-state index in [0.29, 0.717) is 18.7 Å². The molecule has 2 aromatic carbocycles. The number of carbonyl (C=O) groups excluding carboxylic acids is 2. The molecule has 0 spiro atoms. The fourth-order valence-corrected chi connectivity index (χ4v) is 3.82. The summed E-state index contributed by atoms with van der Waals surface area (Å²) in [6, 6.07) is 14.9. The summed E-state index contributed by atoms with van der Waals surface area (Å²) in [7, 11) is 3.44. The van der Waals surface area contributed by atoms with Gasteiger partial charge in [0.05, 0.1) is 7.11 Å². The molecule has 2 aromatic heterocycles. The van der Waals surface area contributed by atoms with E-state index in [0.717, 1.165) is 33.1 Å². The van der Waals surface area contributed by atoms with Crippen molar-refractivity contribution in [1.82, 2.24) is 20.2 Å². The van der Waals surface area contributed by atoms with Crippen molar-refractivity contribution in [3.63, 3.8) is 0 Å². The van der Waals surface area contributed by atoms with Crippen LogP contribution in [-0.4, -0.2) is 41.1 Å². The van der Waals surface area contributed by atoms with Crippen molar-refractivity contribution in [3.8, 4) is 5.75 Å². The minimum absolute atomic E-state index is 0.214. The highest BCUT2D eigenvalue weighted by atomic mass is 16.5. The highest BCUT2D eigenvalue weighted by Gasteiger charge is 2.19. The van der Waals surface area contributed by atoms with Crippen molar-refractivity contribution in [2.24, 2.45) is 7.05 Å². The van der Waals surface area contributed by atoms with Crippen molar-refractivity contribution in [1.29, 1.82) is 0 Å². The molecule has 4 rings (SSSR count). The van der Waals surface area contributed by atoms with Crippen LogP contribution >= 0.6 is 0 Å². The highest BCUT2D eigenvalue weighted by molar-refractivity contribution is 6.01. The SMILES string of the molecule is COc1ccc2c(c1)cc(C(=O)NC(C)C(=O)NCCc1c[nH]c3ccccc13)n2C. The molecule has 0 aliphatic heterocycles. The summed E-state index contributed by atoms with van der Waals surface area (Å²) in [5.74, 6) is 0.221. The number of H-pyrrole nitrogens is 1. The van der Waals surface area contributed by atoms with E-state index in [1.807, 2.05) is 54.2 Å². The lowest BCUT2D eigenvalue weighted by molar-refractivity contribution is -0.122. The number of amides is 2. The Labute approximate surface area is 180 Å². The number of aromatic amines is 1. The molecule has 31 heavy (non-hydrogen) atoms.